The summed E-state index contributed by atoms with van der Waals surface area (Å²) in [6.45, 7) is 0. The maximum atomic E-state index is 12.4. The SMILES string of the molecule is [2H]c1c(F)nc(Cl)c([2H])c1[2H]. The van der Waals surface area contributed by atoms with E-state index < -0.39 is 24.1 Å². The van der Waals surface area contributed by atoms with Gasteiger partial charge >= 0.3 is 0 Å². The summed E-state index contributed by atoms with van der Waals surface area (Å²) < 4.78 is 33.3. The van der Waals surface area contributed by atoms with Gasteiger partial charge in [0, 0.05) is 0 Å². The van der Waals surface area contributed by atoms with E-state index in [1.54, 1.807) is 0 Å². The van der Waals surface area contributed by atoms with Crippen LogP contribution in [-0.2, 0) is 0 Å². The Hall–Kier alpha value is -0.630. The van der Waals surface area contributed by atoms with Crippen LogP contribution in [0.25, 0.3) is 0 Å². The summed E-state index contributed by atoms with van der Waals surface area (Å²) in [6.07, 6.45) is 0. The molecule has 1 aromatic rings. The number of hydrogen-bond donors (Lipinski definition) is 0. The molecule has 0 aliphatic heterocycles. The zero-order chi connectivity index (χ0) is 8.59. The maximum absolute atomic E-state index is 12.4. The normalized spacial score (nSPS) is 14.5. The van der Waals surface area contributed by atoms with Crippen LogP contribution >= 0.6 is 11.6 Å². The van der Waals surface area contributed by atoms with Gasteiger partial charge in [-0.25, -0.2) is 4.98 Å². The number of nitrogens with zero attached hydrogens (tertiary/aromatic N) is 1. The van der Waals surface area contributed by atoms with Crippen LogP contribution in [0.15, 0.2) is 18.1 Å². The molecule has 0 saturated carbocycles. The van der Waals surface area contributed by atoms with Gasteiger partial charge in [-0.05, 0) is 12.1 Å². The summed E-state index contributed by atoms with van der Waals surface area (Å²) in [5.41, 5.74) is 0. The number of hydrogen-bond acceptors (Lipinski definition) is 1. The minimum atomic E-state index is -1.11. The zero-order valence-electron chi connectivity index (χ0n) is 6.70. The van der Waals surface area contributed by atoms with Crippen molar-refractivity contribution in [1.29, 1.82) is 0 Å². The van der Waals surface area contributed by atoms with Crippen molar-refractivity contribution in [1.82, 2.24) is 4.98 Å². The van der Waals surface area contributed by atoms with Crippen LogP contribution < -0.4 is 0 Å². The molecule has 42 valence electrons. The van der Waals surface area contributed by atoms with Crippen molar-refractivity contribution < 1.29 is 8.50 Å². The first kappa shape index (κ1) is 2.78. The van der Waals surface area contributed by atoms with Crippen LogP contribution in [0.1, 0.15) is 4.11 Å². The Morgan fingerprint density at radius 3 is 3.25 bits per heavy atom. The van der Waals surface area contributed by atoms with Gasteiger partial charge in [0.2, 0.25) is 5.95 Å². The molecule has 0 radical (unpaired) electrons. The van der Waals surface area contributed by atoms with Crippen LogP contribution in [0.4, 0.5) is 4.39 Å². The predicted octanol–water partition coefficient (Wildman–Crippen LogP) is 1.87. The van der Waals surface area contributed by atoms with E-state index in [9.17, 15) is 4.39 Å². The van der Waals surface area contributed by atoms with Crippen LogP contribution in [0.3, 0.4) is 0 Å². The Labute approximate surface area is 55.3 Å². The van der Waals surface area contributed by atoms with Crippen LogP contribution in [-0.4, -0.2) is 4.98 Å². The second-order valence-corrected chi connectivity index (χ2v) is 1.43. The molecule has 0 aliphatic rings. The Kier molecular flexibility index (Phi) is 0.727. The fourth-order valence-electron chi connectivity index (χ4n) is 0.276. The van der Waals surface area contributed by atoms with Crippen molar-refractivity contribution in [3.05, 3.63) is 29.2 Å². The second-order valence-electron chi connectivity index (χ2n) is 1.07. The zero-order valence-corrected chi connectivity index (χ0v) is 4.46. The smallest absolute Gasteiger partial charge is 0.208 e. The lowest BCUT2D eigenvalue weighted by atomic mass is 10.5. The quantitative estimate of drug-likeness (QED) is 0.494. The molecule has 0 bridgehead atoms. The maximum Gasteiger partial charge on any atom is 0.214 e. The molecule has 0 spiro atoms. The van der Waals surface area contributed by atoms with Crippen LogP contribution in [0, 0.1) is 5.95 Å². The van der Waals surface area contributed by atoms with E-state index in [1.807, 2.05) is 0 Å². The molecule has 1 aromatic heterocycles. The van der Waals surface area contributed by atoms with Crippen molar-refractivity contribution >= 4 is 11.6 Å². The molecule has 0 aliphatic carbocycles. The highest BCUT2D eigenvalue weighted by Gasteiger charge is 1.88. The summed E-state index contributed by atoms with van der Waals surface area (Å²) in [6, 6.07) is -1.65. The van der Waals surface area contributed by atoms with Gasteiger partial charge < -0.3 is 0 Å². The first-order chi connectivity index (χ1) is 5.04. The summed E-state index contributed by atoms with van der Waals surface area (Å²) >= 11 is 5.25. The standard InChI is InChI=1S/C5H3ClFN/c6-4-2-1-3-5(7)8-4/h1-3H/i1D,2D,3D. The molecule has 0 saturated heterocycles. The number of aromatic nitrogens is 1. The van der Waals surface area contributed by atoms with E-state index in [1.165, 1.54) is 0 Å². The highest BCUT2D eigenvalue weighted by atomic mass is 35.5. The molecule has 0 amide bonds. The van der Waals surface area contributed by atoms with Gasteiger partial charge in [0.1, 0.15) is 5.15 Å². The van der Waals surface area contributed by atoms with Gasteiger partial charge in [-0.1, -0.05) is 17.6 Å². The average molecular weight is 135 g/mol. The fourth-order valence-corrected chi connectivity index (χ4v) is 0.398. The Morgan fingerprint density at radius 1 is 1.75 bits per heavy atom. The Morgan fingerprint density at radius 2 is 2.50 bits per heavy atom. The molecule has 0 atom stereocenters. The minimum Gasteiger partial charge on any atom is -0.208 e. The van der Waals surface area contributed by atoms with Gasteiger partial charge in [-0.3, -0.25) is 0 Å². The predicted molar refractivity (Wildman–Crippen MR) is 29.2 cm³/mol. The van der Waals surface area contributed by atoms with E-state index in [-0.39, 0.29) is 5.15 Å². The third-order valence-corrected chi connectivity index (χ3v) is 0.707. The molecule has 8 heavy (non-hydrogen) atoms. The largest absolute Gasteiger partial charge is 0.214 e. The molecule has 1 rings (SSSR count). The second kappa shape index (κ2) is 2.09. The van der Waals surface area contributed by atoms with Gasteiger partial charge in [-0.2, -0.15) is 4.39 Å². The molecular weight excluding hydrogens is 129 g/mol. The first-order valence-electron chi connectivity index (χ1n) is 3.33. The van der Waals surface area contributed by atoms with Crippen molar-refractivity contribution in [3.63, 3.8) is 0 Å². The van der Waals surface area contributed by atoms with Gasteiger partial charge in [0.05, 0.1) is 4.11 Å². The number of pyridine rings is 1. The number of rotatable bonds is 0. The third-order valence-electron chi connectivity index (χ3n) is 0.528. The average Bonchev–Trinajstić information content (AvgIpc) is 1.97. The molecule has 0 fully saturated rings. The lowest BCUT2D eigenvalue weighted by molar-refractivity contribution is 0.584. The third kappa shape index (κ3) is 1.17. The topological polar surface area (TPSA) is 12.9 Å². The lowest BCUT2D eigenvalue weighted by Crippen LogP contribution is -1.78. The van der Waals surface area contributed by atoms with E-state index in [0.29, 0.717) is 0 Å². The molecule has 3 heteroatoms. The highest BCUT2D eigenvalue weighted by molar-refractivity contribution is 6.29. The van der Waals surface area contributed by atoms with E-state index in [0.717, 1.165) is 0 Å². The fraction of sp³-hybridized carbons (Fsp3) is 0. The van der Waals surface area contributed by atoms with Gasteiger partial charge in [0.25, 0.3) is 0 Å². The first-order valence-corrected chi connectivity index (χ1v) is 2.20. The summed E-state index contributed by atoms with van der Waals surface area (Å²) in [5, 5.41) is -0.386. The van der Waals surface area contributed by atoms with E-state index in [2.05, 4.69) is 4.98 Å². The molecular formula is C5H3ClFN. The molecule has 0 N–H and O–H groups in total. The van der Waals surface area contributed by atoms with E-state index >= 15 is 0 Å². The number of halogens is 2. The Bertz CT molecular complexity index is 278. The molecule has 0 aromatic carbocycles. The monoisotopic (exact) mass is 134 g/mol. The van der Waals surface area contributed by atoms with Crippen LogP contribution in [0.2, 0.25) is 5.15 Å². The Balaban J connectivity index is 3.46. The minimum absolute atomic E-state index is 0.386. The van der Waals surface area contributed by atoms with Gasteiger partial charge in [-0.15, -0.1) is 0 Å². The van der Waals surface area contributed by atoms with Gasteiger partial charge in [0.15, 0.2) is 0 Å². The lowest BCUT2D eigenvalue weighted by Gasteiger charge is -1.84. The molecule has 1 heterocycles. The van der Waals surface area contributed by atoms with E-state index in [4.69, 9.17) is 15.7 Å². The molecule has 1 nitrogen and oxygen atoms in total. The summed E-state index contributed by atoms with van der Waals surface area (Å²) in [5.74, 6) is -1.11. The van der Waals surface area contributed by atoms with Crippen LogP contribution in [0.5, 0.6) is 0 Å². The van der Waals surface area contributed by atoms with Crippen molar-refractivity contribution in [2.75, 3.05) is 0 Å². The van der Waals surface area contributed by atoms with Crippen molar-refractivity contribution in [2.24, 2.45) is 0 Å². The van der Waals surface area contributed by atoms with Crippen molar-refractivity contribution in [2.45, 2.75) is 0 Å². The highest BCUT2D eigenvalue weighted by Crippen LogP contribution is 2.02. The summed E-state index contributed by atoms with van der Waals surface area (Å²) in [7, 11) is 0. The molecule has 0 unspecified atom stereocenters. The summed E-state index contributed by atoms with van der Waals surface area (Å²) in [4.78, 5) is 3.04. The van der Waals surface area contributed by atoms with Crippen molar-refractivity contribution in [3.8, 4) is 0 Å².